The number of para-hydroxylation sites is 1. The van der Waals surface area contributed by atoms with E-state index >= 15 is 0 Å². The SMILES string of the molecule is O=C(NCc1cccnc1)O[C@@H](c1ccccc1)c1ccc(C(=O)Nc2ccccc2S)cc1. The van der Waals surface area contributed by atoms with Gasteiger partial charge in [-0.05, 0) is 47.0 Å². The average Bonchev–Trinajstić information content (AvgIpc) is 2.88. The fourth-order valence-corrected chi connectivity index (χ4v) is 3.58. The number of rotatable bonds is 7. The van der Waals surface area contributed by atoms with Gasteiger partial charge < -0.3 is 15.4 Å². The number of hydrogen-bond acceptors (Lipinski definition) is 5. The van der Waals surface area contributed by atoms with Gasteiger partial charge in [-0.2, -0.15) is 0 Å². The molecule has 0 aliphatic carbocycles. The summed E-state index contributed by atoms with van der Waals surface area (Å²) in [6.45, 7) is 0.305. The lowest BCUT2D eigenvalue weighted by molar-refractivity contribution is 0.102. The summed E-state index contributed by atoms with van der Waals surface area (Å²) in [5.74, 6) is -0.251. The van der Waals surface area contributed by atoms with Gasteiger partial charge in [-0.3, -0.25) is 9.78 Å². The van der Waals surface area contributed by atoms with E-state index in [9.17, 15) is 9.59 Å². The zero-order valence-electron chi connectivity index (χ0n) is 18.2. The number of alkyl carbamates (subject to hydrolysis) is 1. The van der Waals surface area contributed by atoms with Gasteiger partial charge in [0.15, 0.2) is 6.10 Å². The van der Waals surface area contributed by atoms with Crippen LogP contribution in [0.3, 0.4) is 0 Å². The Morgan fingerprint density at radius 1 is 0.853 bits per heavy atom. The third-order valence-electron chi connectivity index (χ3n) is 5.11. The largest absolute Gasteiger partial charge is 0.436 e. The zero-order chi connectivity index (χ0) is 23.8. The normalized spacial score (nSPS) is 11.3. The van der Waals surface area contributed by atoms with Crippen molar-refractivity contribution in [2.24, 2.45) is 0 Å². The molecule has 34 heavy (non-hydrogen) atoms. The van der Waals surface area contributed by atoms with E-state index in [0.29, 0.717) is 22.7 Å². The molecule has 4 aromatic rings. The molecular weight excluding hydrogens is 446 g/mol. The molecule has 1 aromatic heterocycles. The molecule has 0 aliphatic heterocycles. The lowest BCUT2D eigenvalue weighted by atomic mass is 10.00. The van der Waals surface area contributed by atoms with Gasteiger partial charge in [-0.15, -0.1) is 12.6 Å². The lowest BCUT2D eigenvalue weighted by Gasteiger charge is -2.19. The Morgan fingerprint density at radius 3 is 2.26 bits per heavy atom. The third-order valence-corrected chi connectivity index (χ3v) is 5.50. The van der Waals surface area contributed by atoms with Crippen molar-refractivity contribution >= 4 is 30.3 Å². The van der Waals surface area contributed by atoms with Crippen molar-refractivity contribution in [3.05, 3.63) is 126 Å². The number of thiol groups is 1. The molecule has 0 aliphatic rings. The molecule has 2 N–H and O–H groups in total. The summed E-state index contributed by atoms with van der Waals surface area (Å²) in [7, 11) is 0. The molecular formula is C27H23N3O3S. The van der Waals surface area contributed by atoms with E-state index in [1.807, 2.05) is 60.7 Å². The minimum Gasteiger partial charge on any atom is -0.436 e. The molecule has 0 radical (unpaired) electrons. The number of nitrogens with one attached hydrogen (secondary N) is 2. The van der Waals surface area contributed by atoms with Crippen molar-refractivity contribution in [1.82, 2.24) is 10.3 Å². The first-order valence-electron chi connectivity index (χ1n) is 10.7. The van der Waals surface area contributed by atoms with E-state index in [1.54, 1.807) is 42.7 Å². The minimum absolute atomic E-state index is 0.251. The van der Waals surface area contributed by atoms with Gasteiger partial charge in [0.2, 0.25) is 0 Å². The van der Waals surface area contributed by atoms with Crippen molar-refractivity contribution in [3.63, 3.8) is 0 Å². The van der Waals surface area contributed by atoms with Crippen LogP contribution in [0.15, 0.2) is 108 Å². The first-order chi connectivity index (χ1) is 16.6. The monoisotopic (exact) mass is 469 g/mol. The van der Waals surface area contributed by atoms with Gasteiger partial charge in [0.05, 0.1) is 5.69 Å². The van der Waals surface area contributed by atoms with Crippen molar-refractivity contribution in [1.29, 1.82) is 0 Å². The number of hydrogen-bond donors (Lipinski definition) is 3. The van der Waals surface area contributed by atoms with Crippen molar-refractivity contribution in [2.45, 2.75) is 17.5 Å². The fourth-order valence-electron chi connectivity index (χ4n) is 3.37. The highest BCUT2D eigenvalue weighted by Crippen LogP contribution is 2.27. The number of carbonyl (C=O) groups is 2. The van der Waals surface area contributed by atoms with Gasteiger partial charge in [0.25, 0.3) is 5.91 Å². The quantitative estimate of drug-likeness (QED) is 0.306. The smallest absolute Gasteiger partial charge is 0.408 e. The van der Waals surface area contributed by atoms with Crippen LogP contribution >= 0.6 is 12.6 Å². The van der Waals surface area contributed by atoms with Gasteiger partial charge in [-0.25, -0.2) is 4.79 Å². The van der Waals surface area contributed by atoms with Crippen LogP contribution in [-0.2, 0) is 11.3 Å². The number of pyridine rings is 1. The van der Waals surface area contributed by atoms with Crippen LogP contribution in [-0.4, -0.2) is 17.0 Å². The van der Waals surface area contributed by atoms with Gasteiger partial charge >= 0.3 is 6.09 Å². The van der Waals surface area contributed by atoms with E-state index in [0.717, 1.165) is 16.7 Å². The molecule has 170 valence electrons. The summed E-state index contributed by atoms with van der Waals surface area (Å²) in [6, 6.07) is 27.4. The third kappa shape index (κ3) is 6.02. The van der Waals surface area contributed by atoms with Gasteiger partial charge in [0, 0.05) is 29.4 Å². The summed E-state index contributed by atoms with van der Waals surface area (Å²) < 4.78 is 5.77. The number of benzene rings is 3. The summed E-state index contributed by atoms with van der Waals surface area (Å²) in [5, 5.41) is 5.61. The Morgan fingerprint density at radius 2 is 1.56 bits per heavy atom. The highest BCUT2D eigenvalue weighted by molar-refractivity contribution is 7.80. The summed E-state index contributed by atoms with van der Waals surface area (Å²) >= 11 is 4.37. The van der Waals surface area contributed by atoms with E-state index in [2.05, 4.69) is 28.2 Å². The molecule has 1 heterocycles. The van der Waals surface area contributed by atoms with Crippen LogP contribution in [0, 0.1) is 0 Å². The minimum atomic E-state index is -0.634. The maximum Gasteiger partial charge on any atom is 0.408 e. The van der Waals surface area contributed by atoms with E-state index in [4.69, 9.17) is 4.74 Å². The average molecular weight is 470 g/mol. The maximum absolute atomic E-state index is 12.7. The van der Waals surface area contributed by atoms with Crippen LogP contribution in [0.5, 0.6) is 0 Å². The maximum atomic E-state index is 12.7. The summed E-state index contributed by atoms with van der Waals surface area (Å²) in [4.78, 5) is 30.0. The topological polar surface area (TPSA) is 80.3 Å². The molecule has 4 rings (SSSR count). The summed E-state index contributed by atoms with van der Waals surface area (Å²) in [6.07, 6.45) is 2.18. The van der Waals surface area contributed by atoms with Crippen LogP contribution in [0.4, 0.5) is 10.5 Å². The Labute approximate surface area is 203 Å². The molecule has 0 spiro atoms. The first kappa shape index (κ1) is 23.1. The van der Waals surface area contributed by atoms with Crippen molar-refractivity contribution < 1.29 is 14.3 Å². The van der Waals surface area contributed by atoms with E-state index in [-0.39, 0.29) is 5.91 Å². The second-order valence-corrected chi connectivity index (χ2v) is 7.99. The van der Waals surface area contributed by atoms with Gasteiger partial charge in [0.1, 0.15) is 0 Å². The van der Waals surface area contributed by atoms with Crippen molar-refractivity contribution in [3.8, 4) is 0 Å². The standard InChI is InChI=1S/C27H23N3O3S/c31-26(30-23-10-4-5-11-24(23)34)22-14-12-21(13-15-22)25(20-8-2-1-3-9-20)33-27(32)29-18-19-7-6-16-28-17-19/h1-17,25,34H,18H2,(H,29,32)(H,30,31)/t25-/m0/s1. The number of carbonyl (C=O) groups excluding carboxylic acids is 2. The van der Waals surface area contributed by atoms with Crippen LogP contribution < -0.4 is 10.6 Å². The molecule has 0 fully saturated rings. The summed E-state index contributed by atoms with van der Waals surface area (Å²) in [5.41, 5.74) is 3.55. The Kier molecular flexibility index (Phi) is 7.57. The number of anilines is 1. The highest BCUT2D eigenvalue weighted by atomic mass is 32.1. The second kappa shape index (κ2) is 11.2. The first-order valence-corrected chi connectivity index (χ1v) is 11.1. The van der Waals surface area contributed by atoms with Crippen molar-refractivity contribution in [2.75, 3.05) is 5.32 Å². The molecule has 0 unspecified atom stereocenters. The molecule has 0 saturated carbocycles. The zero-order valence-corrected chi connectivity index (χ0v) is 19.1. The van der Waals surface area contributed by atoms with Crippen LogP contribution in [0.2, 0.25) is 0 Å². The Hall–Kier alpha value is -4.10. The number of aromatic nitrogens is 1. The molecule has 0 saturated heterocycles. The highest BCUT2D eigenvalue weighted by Gasteiger charge is 2.20. The van der Waals surface area contributed by atoms with E-state index in [1.165, 1.54) is 0 Å². The molecule has 3 aromatic carbocycles. The van der Waals surface area contributed by atoms with E-state index < -0.39 is 12.2 Å². The number of ether oxygens (including phenoxy) is 1. The predicted molar refractivity (Wildman–Crippen MR) is 134 cm³/mol. The molecule has 2 amide bonds. The van der Waals surface area contributed by atoms with Crippen LogP contribution in [0.25, 0.3) is 0 Å². The lowest BCUT2D eigenvalue weighted by Crippen LogP contribution is -2.26. The Balaban J connectivity index is 1.48. The molecule has 0 bridgehead atoms. The fraction of sp³-hybridized carbons (Fsp3) is 0.0741. The van der Waals surface area contributed by atoms with Gasteiger partial charge in [-0.1, -0.05) is 60.7 Å². The molecule has 1 atom stereocenters. The molecule has 6 nitrogen and oxygen atoms in total. The number of nitrogens with zero attached hydrogens (tertiary/aromatic N) is 1. The number of amides is 2. The Bertz CT molecular complexity index is 1250. The van der Waals surface area contributed by atoms with Crippen LogP contribution in [0.1, 0.15) is 33.2 Å². The second-order valence-electron chi connectivity index (χ2n) is 7.50. The molecule has 7 heteroatoms. The predicted octanol–water partition coefficient (Wildman–Crippen LogP) is 5.64.